The van der Waals surface area contributed by atoms with Crippen molar-refractivity contribution in [1.82, 2.24) is 10.3 Å². The van der Waals surface area contributed by atoms with E-state index in [1.807, 2.05) is 18.2 Å². The van der Waals surface area contributed by atoms with Gasteiger partial charge in [-0.25, -0.2) is 0 Å². The number of carbonyl (C=O) groups excluding carboxylic acids is 1. The predicted molar refractivity (Wildman–Crippen MR) is 55.1 cm³/mol. The highest BCUT2D eigenvalue weighted by molar-refractivity contribution is 6.06. The van der Waals surface area contributed by atoms with E-state index in [9.17, 15) is 4.79 Å². The van der Waals surface area contributed by atoms with Crippen LogP contribution in [0.4, 0.5) is 0 Å². The Bertz CT molecular complexity index is 474. The monoisotopic (exact) mass is 186 g/mol. The van der Waals surface area contributed by atoms with Gasteiger partial charge in [0.25, 0.3) is 5.91 Å². The molecule has 70 valence electrons. The Balaban J connectivity index is 2.71. The topological polar surface area (TPSA) is 42.0 Å². The van der Waals surface area contributed by atoms with Gasteiger partial charge in [0, 0.05) is 30.4 Å². The molecule has 2 rings (SSSR count). The summed E-state index contributed by atoms with van der Waals surface area (Å²) in [4.78, 5) is 15.5. The lowest BCUT2D eigenvalue weighted by Crippen LogP contribution is -2.17. The molecular formula is C11H10N2O. The third-order valence-electron chi connectivity index (χ3n) is 2.16. The number of rotatable bonds is 1. The van der Waals surface area contributed by atoms with Crippen LogP contribution in [0.1, 0.15) is 10.4 Å². The first kappa shape index (κ1) is 8.69. The molecule has 2 aromatic rings. The Hall–Kier alpha value is -1.90. The fourth-order valence-electron chi connectivity index (χ4n) is 1.45. The highest BCUT2D eigenvalue weighted by Gasteiger charge is 2.06. The van der Waals surface area contributed by atoms with Crippen molar-refractivity contribution < 1.29 is 4.79 Å². The number of hydrogen-bond acceptors (Lipinski definition) is 2. The molecule has 3 heteroatoms. The number of nitrogens with one attached hydrogen (secondary N) is 1. The third-order valence-corrected chi connectivity index (χ3v) is 2.16. The Morgan fingerprint density at radius 3 is 3.00 bits per heavy atom. The SMILES string of the molecule is CNC(=O)c1cccc2ccncc12. The molecular weight excluding hydrogens is 176 g/mol. The predicted octanol–water partition coefficient (Wildman–Crippen LogP) is 1.59. The van der Waals surface area contributed by atoms with Gasteiger partial charge in [-0.05, 0) is 17.5 Å². The molecule has 0 aliphatic carbocycles. The molecule has 1 N–H and O–H groups in total. The number of carbonyl (C=O) groups is 1. The van der Waals surface area contributed by atoms with Crippen LogP contribution in [-0.4, -0.2) is 17.9 Å². The zero-order valence-electron chi connectivity index (χ0n) is 7.82. The molecule has 0 atom stereocenters. The number of fused-ring (bicyclic) bond motifs is 1. The number of amides is 1. The van der Waals surface area contributed by atoms with Gasteiger partial charge in [0.1, 0.15) is 0 Å². The van der Waals surface area contributed by atoms with Gasteiger partial charge in [-0.3, -0.25) is 9.78 Å². The first-order chi connectivity index (χ1) is 6.83. The fraction of sp³-hybridized carbons (Fsp3) is 0.0909. The van der Waals surface area contributed by atoms with Gasteiger partial charge < -0.3 is 5.32 Å². The van der Waals surface area contributed by atoms with E-state index in [0.29, 0.717) is 5.56 Å². The third kappa shape index (κ3) is 1.33. The van der Waals surface area contributed by atoms with Crippen molar-refractivity contribution >= 4 is 16.7 Å². The van der Waals surface area contributed by atoms with Crippen LogP contribution in [0.5, 0.6) is 0 Å². The molecule has 1 aromatic carbocycles. The zero-order valence-corrected chi connectivity index (χ0v) is 7.82. The molecule has 0 unspecified atom stereocenters. The number of benzene rings is 1. The molecule has 1 heterocycles. The van der Waals surface area contributed by atoms with Crippen LogP contribution in [0.25, 0.3) is 10.8 Å². The Morgan fingerprint density at radius 2 is 2.21 bits per heavy atom. The minimum absolute atomic E-state index is 0.0800. The van der Waals surface area contributed by atoms with Crippen molar-refractivity contribution in [3.63, 3.8) is 0 Å². The zero-order chi connectivity index (χ0) is 9.97. The fourth-order valence-corrected chi connectivity index (χ4v) is 1.45. The second kappa shape index (κ2) is 3.46. The molecule has 1 amide bonds. The minimum Gasteiger partial charge on any atom is -0.355 e. The summed E-state index contributed by atoms with van der Waals surface area (Å²) in [5.41, 5.74) is 0.665. The molecule has 0 saturated heterocycles. The summed E-state index contributed by atoms with van der Waals surface area (Å²) >= 11 is 0. The van der Waals surface area contributed by atoms with Crippen LogP contribution in [-0.2, 0) is 0 Å². The molecule has 0 fully saturated rings. The molecule has 0 aliphatic heterocycles. The molecule has 1 aromatic heterocycles. The van der Waals surface area contributed by atoms with E-state index in [4.69, 9.17) is 0 Å². The second-order valence-electron chi connectivity index (χ2n) is 2.98. The first-order valence-electron chi connectivity index (χ1n) is 4.38. The highest BCUT2D eigenvalue weighted by Crippen LogP contribution is 2.16. The lowest BCUT2D eigenvalue weighted by atomic mass is 10.1. The van der Waals surface area contributed by atoms with E-state index in [0.717, 1.165) is 10.8 Å². The number of aromatic nitrogens is 1. The summed E-state index contributed by atoms with van der Waals surface area (Å²) in [6, 6.07) is 7.51. The van der Waals surface area contributed by atoms with E-state index >= 15 is 0 Å². The van der Waals surface area contributed by atoms with E-state index < -0.39 is 0 Å². The Labute approximate surface area is 81.8 Å². The average Bonchev–Trinajstić information content (AvgIpc) is 2.27. The van der Waals surface area contributed by atoms with E-state index in [2.05, 4.69) is 10.3 Å². The largest absolute Gasteiger partial charge is 0.355 e. The maximum atomic E-state index is 11.5. The van der Waals surface area contributed by atoms with Crippen molar-refractivity contribution in [3.05, 3.63) is 42.2 Å². The van der Waals surface area contributed by atoms with Gasteiger partial charge in [0.2, 0.25) is 0 Å². The molecule has 0 bridgehead atoms. The standard InChI is InChI=1S/C11H10N2O/c1-12-11(14)9-4-2-3-8-5-6-13-7-10(8)9/h2-7H,1H3,(H,12,14). The molecule has 0 spiro atoms. The Morgan fingerprint density at radius 1 is 1.36 bits per heavy atom. The maximum Gasteiger partial charge on any atom is 0.251 e. The molecule has 0 aliphatic rings. The molecule has 0 saturated carbocycles. The van der Waals surface area contributed by atoms with E-state index in [-0.39, 0.29) is 5.91 Å². The molecule has 0 radical (unpaired) electrons. The van der Waals surface area contributed by atoms with Crippen molar-refractivity contribution in [1.29, 1.82) is 0 Å². The van der Waals surface area contributed by atoms with Crippen LogP contribution in [0, 0.1) is 0 Å². The van der Waals surface area contributed by atoms with Gasteiger partial charge >= 0.3 is 0 Å². The van der Waals surface area contributed by atoms with Crippen molar-refractivity contribution in [2.75, 3.05) is 7.05 Å². The maximum absolute atomic E-state index is 11.5. The van der Waals surface area contributed by atoms with E-state index in [1.165, 1.54) is 0 Å². The Kier molecular flexibility index (Phi) is 2.14. The van der Waals surface area contributed by atoms with Crippen LogP contribution in [0.2, 0.25) is 0 Å². The van der Waals surface area contributed by atoms with Crippen LogP contribution < -0.4 is 5.32 Å². The number of pyridine rings is 1. The minimum atomic E-state index is -0.0800. The second-order valence-corrected chi connectivity index (χ2v) is 2.98. The van der Waals surface area contributed by atoms with Crippen molar-refractivity contribution in [3.8, 4) is 0 Å². The van der Waals surface area contributed by atoms with Gasteiger partial charge in [0.15, 0.2) is 0 Å². The lowest BCUT2D eigenvalue weighted by molar-refractivity contribution is 0.0964. The first-order valence-corrected chi connectivity index (χ1v) is 4.38. The number of hydrogen-bond donors (Lipinski definition) is 1. The summed E-state index contributed by atoms with van der Waals surface area (Å²) < 4.78 is 0. The number of nitrogens with zero attached hydrogens (tertiary/aromatic N) is 1. The van der Waals surface area contributed by atoms with Crippen LogP contribution >= 0.6 is 0 Å². The normalized spacial score (nSPS) is 10.1. The van der Waals surface area contributed by atoms with Gasteiger partial charge in [-0.15, -0.1) is 0 Å². The quantitative estimate of drug-likeness (QED) is 0.734. The van der Waals surface area contributed by atoms with E-state index in [1.54, 1.807) is 25.5 Å². The summed E-state index contributed by atoms with van der Waals surface area (Å²) in [5.74, 6) is -0.0800. The van der Waals surface area contributed by atoms with Crippen molar-refractivity contribution in [2.24, 2.45) is 0 Å². The van der Waals surface area contributed by atoms with Crippen LogP contribution in [0.3, 0.4) is 0 Å². The molecule has 14 heavy (non-hydrogen) atoms. The molecule has 3 nitrogen and oxygen atoms in total. The van der Waals surface area contributed by atoms with Gasteiger partial charge in [-0.2, -0.15) is 0 Å². The smallest absolute Gasteiger partial charge is 0.251 e. The van der Waals surface area contributed by atoms with Crippen LogP contribution in [0.15, 0.2) is 36.7 Å². The summed E-state index contributed by atoms with van der Waals surface area (Å²) in [5, 5.41) is 4.52. The van der Waals surface area contributed by atoms with Gasteiger partial charge in [-0.1, -0.05) is 12.1 Å². The summed E-state index contributed by atoms with van der Waals surface area (Å²) in [6.07, 6.45) is 3.43. The average molecular weight is 186 g/mol. The summed E-state index contributed by atoms with van der Waals surface area (Å²) in [6.45, 7) is 0. The highest BCUT2D eigenvalue weighted by atomic mass is 16.1. The summed E-state index contributed by atoms with van der Waals surface area (Å²) in [7, 11) is 1.62. The van der Waals surface area contributed by atoms with Gasteiger partial charge in [0.05, 0.1) is 0 Å². The van der Waals surface area contributed by atoms with Crippen molar-refractivity contribution in [2.45, 2.75) is 0 Å². The lowest BCUT2D eigenvalue weighted by Gasteiger charge is -2.03.